The van der Waals surface area contributed by atoms with Crippen molar-refractivity contribution in [1.82, 2.24) is 9.78 Å². The van der Waals surface area contributed by atoms with E-state index < -0.39 is 0 Å². The zero-order valence-corrected chi connectivity index (χ0v) is 18.1. The van der Waals surface area contributed by atoms with E-state index >= 15 is 0 Å². The predicted octanol–water partition coefficient (Wildman–Crippen LogP) is 5.59. The molecule has 0 unspecified atom stereocenters. The predicted molar refractivity (Wildman–Crippen MR) is 114 cm³/mol. The van der Waals surface area contributed by atoms with Crippen molar-refractivity contribution in [2.24, 2.45) is 0 Å². The Kier molecular flexibility index (Phi) is 5.97. The number of halogens is 1. The van der Waals surface area contributed by atoms with E-state index in [1.807, 2.05) is 61.9 Å². The fourth-order valence-corrected chi connectivity index (χ4v) is 3.91. The third kappa shape index (κ3) is 4.39. The molecule has 0 radical (unpaired) electrons. The standard InChI is InChI=1S/C21H21BrN2O2S/c1-13-5-10-20(27-13)18(25)8-6-16-7-9-19(26-4)17(11-16)12-24-15(3)21(22)14(2)23-24/h5-11H,12H2,1-4H3/b8-6+. The summed E-state index contributed by atoms with van der Waals surface area (Å²) in [5, 5.41) is 4.57. The zero-order chi connectivity index (χ0) is 19.6. The molecule has 140 valence electrons. The number of aromatic nitrogens is 2. The molecular weight excluding hydrogens is 424 g/mol. The van der Waals surface area contributed by atoms with Gasteiger partial charge >= 0.3 is 0 Å². The lowest BCUT2D eigenvalue weighted by atomic mass is 10.1. The van der Waals surface area contributed by atoms with E-state index in [9.17, 15) is 4.79 Å². The molecule has 2 aromatic heterocycles. The van der Waals surface area contributed by atoms with Crippen LogP contribution in [0.4, 0.5) is 0 Å². The van der Waals surface area contributed by atoms with Crippen LogP contribution < -0.4 is 4.74 Å². The summed E-state index contributed by atoms with van der Waals surface area (Å²) in [5.74, 6) is 0.823. The minimum absolute atomic E-state index is 0.0212. The first-order chi connectivity index (χ1) is 12.9. The summed E-state index contributed by atoms with van der Waals surface area (Å²) in [6, 6.07) is 9.74. The van der Waals surface area contributed by atoms with Gasteiger partial charge in [0.1, 0.15) is 5.75 Å². The van der Waals surface area contributed by atoms with E-state index in [4.69, 9.17) is 4.74 Å². The highest BCUT2D eigenvalue weighted by molar-refractivity contribution is 9.10. The average Bonchev–Trinajstić information content (AvgIpc) is 3.19. The van der Waals surface area contributed by atoms with Crippen LogP contribution in [0.25, 0.3) is 6.08 Å². The number of aryl methyl sites for hydroxylation is 2. The highest BCUT2D eigenvalue weighted by Gasteiger charge is 2.12. The fourth-order valence-electron chi connectivity index (χ4n) is 2.84. The van der Waals surface area contributed by atoms with Gasteiger partial charge in [-0.3, -0.25) is 9.48 Å². The van der Waals surface area contributed by atoms with Crippen molar-refractivity contribution in [3.63, 3.8) is 0 Å². The average molecular weight is 445 g/mol. The third-order valence-electron chi connectivity index (χ3n) is 4.33. The number of allylic oxidation sites excluding steroid dienone is 1. The molecule has 4 nitrogen and oxygen atoms in total. The molecule has 6 heteroatoms. The number of benzene rings is 1. The number of methoxy groups -OCH3 is 1. The minimum Gasteiger partial charge on any atom is -0.496 e. The summed E-state index contributed by atoms with van der Waals surface area (Å²) in [7, 11) is 1.66. The van der Waals surface area contributed by atoms with E-state index in [0.717, 1.165) is 42.5 Å². The van der Waals surface area contributed by atoms with Crippen LogP contribution in [0.1, 0.15) is 37.1 Å². The number of ketones is 1. The van der Waals surface area contributed by atoms with Gasteiger partial charge in [-0.2, -0.15) is 5.10 Å². The van der Waals surface area contributed by atoms with Crippen molar-refractivity contribution in [2.75, 3.05) is 7.11 Å². The second-order valence-corrected chi connectivity index (χ2v) is 8.40. The molecule has 0 aliphatic carbocycles. The molecule has 0 saturated carbocycles. The Balaban J connectivity index is 1.85. The highest BCUT2D eigenvalue weighted by Crippen LogP contribution is 2.25. The van der Waals surface area contributed by atoms with Gasteiger partial charge in [0.05, 0.1) is 34.4 Å². The maximum atomic E-state index is 12.3. The molecule has 0 spiro atoms. The number of ether oxygens (including phenoxy) is 1. The maximum Gasteiger partial charge on any atom is 0.195 e. The molecule has 0 amide bonds. The Morgan fingerprint density at radius 3 is 2.63 bits per heavy atom. The van der Waals surface area contributed by atoms with E-state index in [-0.39, 0.29) is 5.78 Å². The molecule has 2 heterocycles. The lowest BCUT2D eigenvalue weighted by Gasteiger charge is -2.11. The van der Waals surface area contributed by atoms with Gasteiger partial charge in [0.25, 0.3) is 0 Å². The van der Waals surface area contributed by atoms with Gasteiger partial charge in [0, 0.05) is 10.4 Å². The van der Waals surface area contributed by atoms with Gasteiger partial charge in [-0.15, -0.1) is 11.3 Å². The summed E-state index contributed by atoms with van der Waals surface area (Å²) >= 11 is 5.08. The summed E-state index contributed by atoms with van der Waals surface area (Å²) < 4.78 is 8.48. The quantitative estimate of drug-likeness (QED) is 0.367. The first-order valence-electron chi connectivity index (χ1n) is 8.54. The summed E-state index contributed by atoms with van der Waals surface area (Å²) in [6.45, 7) is 6.60. The lowest BCUT2D eigenvalue weighted by Crippen LogP contribution is -2.06. The summed E-state index contributed by atoms with van der Waals surface area (Å²) in [4.78, 5) is 14.2. The Morgan fingerprint density at radius 2 is 2.04 bits per heavy atom. The molecular formula is C21H21BrN2O2S. The van der Waals surface area contributed by atoms with Gasteiger partial charge in [0.2, 0.25) is 0 Å². The molecule has 27 heavy (non-hydrogen) atoms. The Labute approximate surface area is 171 Å². The molecule has 0 saturated heterocycles. The van der Waals surface area contributed by atoms with Crippen molar-refractivity contribution < 1.29 is 9.53 Å². The van der Waals surface area contributed by atoms with E-state index in [1.165, 1.54) is 11.3 Å². The molecule has 3 rings (SSSR count). The smallest absolute Gasteiger partial charge is 0.195 e. The monoisotopic (exact) mass is 444 g/mol. The molecule has 0 bridgehead atoms. The topological polar surface area (TPSA) is 44.1 Å². The Hall–Kier alpha value is -2.18. The van der Waals surface area contributed by atoms with E-state index in [1.54, 1.807) is 13.2 Å². The van der Waals surface area contributed by atoms with E-state index in [2.05, 4.69) is 21.0 Å². The van der Waals surface area contributed by atoms with Crippen molar-refractivity contribution >= 4 is 39.1 Å². The Morgan fingerprint density at radius 1 is 1.26 bits per heavy atom. The van der Waals surface area contributed by atoms with Gasteiger partial charge in [0.15, 0.2) is 5.78 Å². The number of nitrogens with zero attached hydrogens (tertiary/aromatic N) is 2. The van der Waals surface area contributed by atoms with Gasteiger partial charge in [-0.1, -0.05) is 12.1 Å². The van der Waals surface area contributed by atoms with Crippen LogP contribution in [-0.2, 0) is 6.54 Å². The number of carbonyl (C=O) groups excluding carboxylic acids is 1. The molecule has 0 aliphatic heterocycles. The molecule has 0 aliphatic rings. The number of carbonyl (C=O) groups is 1. The molecule has 0 atom stereocenters. The van der Waals surface area contributed by atoms with Crippen LogP contribution >= 0.6 is 27.3 Å². The molecule has 3 aromatic rings. The lowest BCUT2D eigenvalue weighted by molar-refractivity contribution is 0.105. The molecule has 0 fully saturated rings. The highest BCUT2D eigenvalue weighted by atomic mass is 79.9. The van der Waals surface area contributed by atoms with Crippen LogP contribution in [0.5, 0.6) is 5.75 Å². The van der Waals surface area contributed by atoms with Crippen molar-refractivity contribution in [1.29, 1.82) is 0 Å². The first-order valence-corrected chi connectivity index (χ1v) is 10.1. The fraction of sp³-hybridized carbons (Fsp3) is 0.238. The number of hydrogen-bond donors (Lipinski definition) is 0. The van der Waals surface area contributed by atoms with Crippen LogP contribution in [0.2, 0.25) is 0 Å². The number of hydrogen-bond acceptors (Lipinski definition) is 4. The van der Waals surface area contributed by atoms with Crippen molar-refractivity contribution in [2.45, 2.75) is 27.3 Å². The van der Waals surface area contributed by atoms with Gasteiger partial charge in [-0.05, 0) is 72.6 Å². The van der Waals surface area contributed by atoms with Gasteiger partial charge in [-0.25, -0.2) is 0 Å². The second-order valence-electron chi connectivity index (χ2n) is 6.32. The summed E-state index contributed by atoms with van der Waals surface area (Å²) in [6.07, 6.45) is 3.47. The third-order valence-corrected chi connectivity index (χ3v) is 6.49. The number of thiophene rings is 1. The van der Waals surface area contributed by atoms with Gasteiger partial charge < -0.3 is 4.74 Å². The molecule has 0 N–H and O–H groups in total. The SMILES string of the molecule is COc1ccc(/C=C/C(=O)c2ccc(C)s2)cc1Cn1nc(C)c(Br)c1C. The van der Waals surface area contributed by atoms with Crippen LogP contribution in [-0.4, -0.2) is 22.7 Å². The molecule has 1 aromatic carbocycles. The normalized spacial score (nSPS) is 11.3. The zero-order valence-electron chi connectivity index (χ0n) is 15.7. The maximum absolute atomic E-state index is 12.3. The first kappa shape index (κ1) is 19.6. The largest absolute Gasteiger partial charge is 0.496 e. The van der Waals surface area contributed by atoms with Crippen LogP contribution in [0.3, 0.4) is 0 Å². The van der Waals surface area contributed by atoms with Crippen LogP contribution in [0, 0.1) is 20.8 Å². The van der Waals surface area contributed by atoms with Crippen molar-refractivity contribution in [3.05, 3.63) is 73.1 Å². The minimum atomic E-state index is 0.0212. The number of rotatable bonds is 6. The van der Waals surface area contributed by atoms with E-state index in [0.29, 0.717) is 6.54 Å². The second kappa shape index (κ2) is 8.23. The van der Waals surface area contributed by atoms with Crippen molar-refractivity contribution in [3.8, 4) is 5.75 Å². The Bertz CT molecular complexity index is 1020. The van der Waals surface area contributed by atoms with Crippen LogP contribution in [0.15, 0.2) is 40.9 Å². The summed E-state index contributed by atoms with van der Waals surface area (Å²) in [5.41, 5.74) is 3.99.